The number of phosphoric acid groups is 2. The summed E-state index contributed by atoms with van der Waals surface area (Å²) in [5.41, 5.74) is 0. The van der Waals surface area contributed by atoms with Crippen molar-refractivity contribution in [1.82, 2.24) is 0 Å². The van der Waals surface area contributed by atoms with Gasteiger partial charge in [0.05, 0.1) is 26.4 Å². The number of aliphatic hydroxyl groups is 1. The molecule has 19 heteroatoms. The molecule has 0 aliphatic carbocycles. The molecule has 0 amide bonds. The Morgan fingerprint density at radius 1 is 0.321 bits per heavy atom. The average Bonchev–Trinajstić information content (AvgIpc) is 3.54. The van der Waals surface area contributed by atoms with E-state index in [9.17, 15) is 43.2 Å². The quantitative estimate of drug-likeness (QED) is 0.0222. The summed E-state index contributed by atoms with van der Waals surface area (Å²) in [6.07, 6.45) is 43.1. The first kappa shape index (κ1) is 82.1. The fourth-order valence-corrected chi connectivity index (χ4v) is 11.3. The van der Waals surface area contributed by atoms with Crippen molar-refractivity contribution in [1.29, 1.82) is 0 Å². The molecule has 0 bridgehead atoms. The number of ether oxygens (including phenoxy) is 4. The van der Waals surface area contributed by atoms with E-state index in [1.807, 2.05) is 0 Å². The maximum atomic E-state index is 13.0. The molecule has 0 aromatic carbocycles. The second-order valence-corrected chi connectivity index (χ2v) is 26.9. The van der Waals surface area contributed by atoms with Crippen LogP contribution < -0.4 is 0 Å². The molecule has 0 heterocycles. The van der Waals surface area contributed by atoms with E-state index in [0.717, 1.165) is 102 Å². The highest BCUT2D eigenvalue weighted by molar-refractivity contribution is 7.47. The molecule has 0 rings (SSSR count). The van der Waals surface area contributed by atoms with Crippen LogP contribution >= 0.6 is 15.6 Å². The lowest BCUT2D eigenvalue weighted by Crippen LogP contribution is -2.30. The van der Waals surface area contributed by atoms with Gasteiger partial charge in [0.1, 0.15) is 19.3 Å². The minimum Gasteiger partial charge on any atom is -0.462 e. The number of phosphoric ester groups is 2. The molecular formula is C65H126O17P2. The van der Waals surface area contributed by atoms with Crippen molar-refractivity contribution in [2.75, 3.05) is 39.6 Å². The molecule has 0 spiro atoms. The van der Waals surface area contributed by atoms with Gasteiger partial charge in [-0.1, -0.05) is 279 Å². The van der Waals surface area contributed by atoms with Crippen molar-refractivity contribution in [2.24, 2.45) is 5.92 Å². The number of esters is 4. The van der Waals surface area contributed by atoms with Crippen molar-refractivity contribution in [2.45, 2.75) is 348 Å². The second kappa shape index (κ2) is 58.7. The Labute approximate surface area is 511 Å². The molecule has 0 aliphatic rings. The molecule has 17 nitrogen and oxygen atoms in total. The lowest BCUT2D eigenvalue weighted by molar-refractivity contribution is -0.161. The van der Waals surface area contributed by atoms with Crippen LogP contribution in [0.1, 0.15) is 330 Å². The first-order valence-electron chi connectivity index (χ1n) is 34.1. The average molecular weight is 1240 g/mol. The van der Waals surface area contributed by atoms with Crippen molar-refractivity contribution in [3.8, 4) is 0 Å². The third-order valence-electron chi connectivity index (χ3n) is 15.0. The molecule has 0 saturated heterocycles. The van der Waals surface area contributed by atoms with E-state index >= 15 is 0 Å². The lowest BCUT2D eigenvalue weighted by Gasteiger charge is -2.21. The smallest absolute Gasteiger partial charge is 0.462 e. The summed E-state index contributed by atoms with van der Waals surface area (Å²) in [4.78, 5) is 72.2. The minimum atomic E-state index is -4.94. The molecule has 0 aliphatic heterocycles. The molecule has 84 heavy (non-hydrogen) atoms. The summed E-state index contributed by atoms with van der Waals surface area (Å²) in [6.45, 7) is 7.15. The van der Waals surface area contributed by atoms with Gasteiger partial charge in [-0.05, 0) is 31.6 Å². The van der Waals surface area contributed by atoms with Crippen molar-refractivity contribution < 1.29 is 80.2 Å². The van der Waals surface area contributed by atoms with Crippen molar-refractivity contribution in [3.05, 3.63) is 0 Å². The molecule has 498 valence electrons. The van der Waals surface area contributed by atoms with Crippen LogP contribution in [0.5, 0.6) is 0 Å². The summed E-state index contributed by atoms with van der Waals surface area (Å²) < 4.78 is 68.0. The van der Waals surface area contributed by atoms with E-state index < -0.39 is 97.5 Å². The molecule has 2 unspecified atom stereocenters. The fourth-order valence-electron chi connectivity index (χ4n) is 9.76. The van der Waals surface area contributed by atoms with E-state index in [-0.39, 0.29) is 25.7 Å². The molecule has 3 N–H and O–H groups in total. The number of rotatable bonds is 65. The zero-order valence-corrected chi connectivity index (χ0v) is 55.8. The van der Waals surface area contributed by atoms with Crippen LogP contribution in [0.2, 0.25) is 0 Å². The second-order valence-electron chi connectivity index (χ2n) is 24.0. The van der Waals surface area contributed by atoms with Gasteiger partial charge in [-0.25, -0.2) is 9.13 Å². The Morgan fingerprint density at radius 2 is 0.548 bits per heavy atom. The number of aliphatic hydroxyl groups excluding tert-OH is 1. The highest BCUT2D eigenvalue weighted by atomic mass is 31.2. The predicted octanol–water partition coefficient (Wildman–Crippen LogP) is 18.2. The molecule has 0 saturated carbocycles. The third kappa shape index (κ3) is 59.0. The molecule has 0 radical (unpaired) electrons. The summed E-state index contributed by atoms with van der Waals surface area (Å²) in [5.74, 6) is -1.39. The maximum Gasteiger partial charge on any atom is 0.472 e. The minimum absolute atomic E-state index is 0.106. The van der Waals surface area contributed by atoms with Crippen LogP contribution in [0.4, 0.5) is 0 Å². The predicted molar refractivity (Wildman–Crippen MR) is 335 cm³/mol. The van der Waals surface area contributed by atoms with Crippen molar-refractivity contribution >= 4 is 39.5 Å². The zero-order chi connectivity index (χ0) is 62.0. The van der Waals surface area contributed by atoms with Gasteiger partial charge in [-0.2, -0.15) is 0 Å². The Balaban J connectivity index is 5.21. The van der Waals surface area contributed by atoms with E-state index in [4.69, 9.17) is 37.0 Å². The SMILES string of the molecule is CCCCCCCCCCCCCCCCCC(=O)O[C@H](COC(=O)CCCCCCCCCCCC(C)C)COP(=O)(O)OC[C@@H](O)COP(=O)(O)OC[C@@H](COC(=O)CCCCCCCCCC)OC(=O)CCCCCCCCCCC. The fraction of sp³-hybridized carbons (Fsp3) is 0.938. The van der Waals surface area contributed by atoms with Crippen LogP contribution in [-0.4, -0.2) is 96.7 Å². The van der Waals surface area contributed by atoms with Gasteiger partial charge in [-0.3, -0.25) is 37.3 Å². The molecular weight excluding hydrogens is 1110 g/mol. The standard InChI is InChI=1S/C65H126O17P2/c1-6-9-12-15-18-21-22-23-24-25-26-30-36-41-46-51-65(70)82-61(55-76-63(68)49-44-39-34-31-27-29-32-37-42-47-58(4)5)57-80-84(73,74)78-53-59(66)52-77-83(71,72)79-56-60(54-75-62(67)48-43-38-33-20-17-14-11-8-3)81-64(69)50-45-40-35-28-19-16-13-10-7-2/h58-61,66H,6-57H2,1-5H3,(H,71,72)(H,73,74)/t59-,60+,61+/m0/s1. The normalized spacial score (nSPS) is 14.2. The molecule has 5 atom stereocenters. The summed E-state index contributed by atoms with van der Waals surface area (Å²) in [6, 6.07) is 0. The Hall–Kier alpha value is -1.94. The topological polar surface area (TPSA) is 237 Å². The number of hydrogen-bond donors (Lipinski definition) is 3. The Morgan fingerprint density at radius 3 is 0.810 bits per heavy atom. The van der Waals surface area contributed by atoms with Gasteiger partial charge in [0.2, 0.25) is 0 Å². The number of carbonyl (C=O) groups is 4. The van der Waals surface area contributed by atoms with Gasteiger partial charge in [0.15, 0.2) is 12.2 Å². The van der Waals surface area contributed by atoms with E-state index in [1.54, 1.807) is 0 Å². The Kier molecular flexibility index (Phi) is 57.4. The third-order valence-corrected chi connectivity index (χ3v) is 16.9. The maximum absolute atomic E-state index is 13.0. The lowest BCUT2D eigenvalue weighted by atomic mass is 10.0. The van der Waals surface area contributed by atoms with Crippen LogP contribution in [0.3, 0.4) is 0 Å². The molecule has 0 fully saturated rings. The molecule has 0 aromatic heterocycles. The van der Waals surface area contributed by atoms with Crippen molar-refractivity contribution in [3.63, 3.8) is 0 Å². The summed E-state index contributed by atoms with van der Waals surface area (Å²) in [7, 11) is -9.88. The summed E-state index contributed by atoms with van der Waals surface area (Å²) in [5, 5.41) is 10.5. The van der Waals surface area contributed by atoms with E-state index in [1.165, 1.54) is 148 Å². The van der Waals surface area contributed by atoms with Crippen LogP contribution in [0.25, 0.3) is 0 Å². The van der Waals surface area contributed by atoms with Crippen LogP contribution in [-0.2, 0) is 65.4 Å². The highest BCUT2D eigenvalue weighted by Crippen LogP contribution is 2.45. The Bertz CT molecular complexity index is 1640. The van der Waals surface area contributed by atoms with Gasteiger partial charge in [0.25, 0.3) is 0 Å². The largest absolute Gasteiger partial charge is 0.472 e. The first-order valence-corrected chi connectivity index (χ1v) is 37.1. The zero-order valence-electron chi connectivity index (χ0n) is 54.0. The van der Waals surface area contributed by atoms with E-state index in [2.05, 4.69) is 34.6 Å². The number of carbonyl (C=O) groups excluding carboxylic acids is 4. The number of unbranched alkanes of at least 4 members (excludes halogenated alkanes) is 37. The van der Waals surface area contributed by atoms with E-state index in [0.29, 0.717) is 25.7 Å². The van der Waals surface area contributed by atoms with Crippen LogP contribution in [0.15, 0.2) is 0 Å². The van der Waals surface area contributed by atoms with Gasteiger partial charge in [-0.15, -0.1) is 0 Å². The van der Waals surface area contributed by atoms with Crippen LogP contribution in [0, 0.1) is 5.92 Å². The van der Waals surface area contributed by atoms with Gasteiger partial charge in [0, 0.05) is 25.7 Å². The first-order chi connectivity index (χ1) is 40.5. The number of hydrogen-bond acceptors (Lipinski definition) is 15. The van der Waals surface area contributed by atoms with Gasteiger partial charge < -0.3 is 33.8 Å². The molecule has 0 aromatic rings. The summed E-state index contributed by atoms with van der Waals surface area (Å²) >= 11 is 0. The van der Waals surface area contributed by atoms with Gasteiger partial charge >= 0.3 is 39.5 Å². The monoisotopic (exact) mass is 1240 g/mol. The highest BCUT2D eigenvalue weighted by Gasteiger charge is 2.30.